The van der Waals surface area contributed by atoms with E-state index in [1.165, 1.54) is 18.2 Å². The Bertz CT molecular complexity index is 1380. The Morgan fingerprint density at radius 1 is 1.03 bits per heavy atom. The van der Waals surface area contributed by atoms with Gasteiger partial charge in [0, 0.05) is 5.56 Å². The number of rotatable bonds is 6. The van der Waals surface area contributed by atoms with Crippen LogP contribution < -0.4 is 5.32 Å². The monoisotopic (exact) mass is 463 g/mol. The van der Waals surface area contributed by atoms with Crippen LogP contribution in [0, 0.1) is 6.92 Å². The van der Waals surface area contributed by atoms with Gasteiger partial charge in [0.05, 0.1) is 32.9 Å². The second-order valence-electron chi connectivity index (χ2n) is 7.31. The van der Waals surface area contributed by atoms with E-state index in [2.05, 4.69) is 15.3 Å². The number of aromatic amines is 1. The molecule has 1 aromatic heterocycles. The van der Waals surface area contributed by atoms with Crippen molar-refractivity contribution in [3.8, 4) is 11.4 Å². The van der Waals surface area contributed by atoms with Crippen LogP contribution in [0.2, 0.25) is 5.02 Å². The number of carbonyl (C=O) groups excluding carboxylic acids is 2. The number of carbonyl (C=O) groups is 3. The number of aryl methyl sites for hydroxylation is 1. The molecule has 0 saturated carbocycles. The first-order chi connectivity index (χ1) is 15.8. The van der Waals surface area contributed by atoms with E-state index in [1.54, 1.807) is 18.2 Å². The van der Waals surface area contributed by atoms with Crippen LogP contribution in [-0.2, 0) is 9.53 Å². The number of benzene rings is 3. The lowest BCUT2D eigenvalue weighted by atomic mass is 10.1. The minimum Gasteiger partial charge on any atom is -0.478 e. The van der Waals surface area contributed by atoms with Gasteiger partial charge in [-0.25, -0.2) is 14.6 Å². The Morgan fingerprint density at radius 3 is 2.48 bits per heavy atom. The molecule has 3 aromatic carbocycles. The molecule has 0 saturated heterocycles. The summed E-state index contributed by atoms with van der Waals surface area (Å²) in [6.07, 6.45) is 0. The molecule has 0 aliphatic rings. The number of ether oxygens (including phenoxy) is 1. The number of anilines is 1. The van der Waals surface area contributed by atoms with Gasteiger partial charge in [0.15, 0.2) is 6.61 Å². The van der Waals surface area contributed by atoms with Crippen molar-refractivity contribution in [2.45, 2.75) is 6.92 Å². The highest BCUT2D eigenvalue weighted by Crippen LogP contribution is 2.24. The predicted octanol–water partition coefficient (Wildman–Crippen LogP) is 4.69. The van der Waals surface area contributed by atoms with E-state index >= 15 is 0 Å². The number of aromatic nitrogens is 2. The van der Waals surface area contributed by atoms with Crippen molar-refractivity contribution < 1.29 is 24.2 Å². The molecule has 166 valence electrons. The van der Waals surface area contributed by atoms with Gasteiger partial charge in [-0.2, -0.15) is 0 Å². The molecule has 0 atom stereocenters. The first kappa shape index (κ1) is 22.0. The van der Waals surface area contributed by atoms with Crippen molar-refractivity contribution >= 4 is 46.2 Å². The highest BCUT2D eigenvalue weighted by Gasteiger charge is 2.15. The van der Waals surface area contributed by atoms with Gasteiger partial charge in [-0.05, 0) is 43.3 Å². The van der Waals surface area contributed by atoms with E-state index in [0.29, 0.717) is 16.9 Å². The number of hydrogen-bond donors (Lipinski definition) is 3. The largest absolute Gasteiger partial charge is 0.478 e. The van der Waals surface area contributed by atoms with Crippen molar-refractivity contribution in [3.05, 3.63) is 82.4 Å². The Kier molecular flexibility index (Phi) is 6.10. The molecular formula is C24H18ClN3O5. The average molecular weight is 464 g/mol. The molecule has 4 rings (SSSR count). The van der Waals surface area contributed by atoms with Crippen LogP contribution in [0.5, 0.6) is 0 Å². The molecule has 0 fully saturated rings. The van der Waals surface area contributed by atoms with Crippen LogP contribution in [0.25, 0.3) is 22.4 Å². The number of nitrogens with zero attached hydrogens (tertiary/aromatic N) is 1. The lowest BCUT2D eigenvalue weighted by Crippen LogP contribution is -2.21. The van der Waals surface area contributed by atoms with E-state index in [1.807, 2.05) is 31.2 Å². The summed E-state index contributed by atoms with van der Waals surface area (Å²) in [5.74, 6) is -1.83. The molecule has 0 aliphatic heterocycles. The molecule has 33 heavy (non-hydrogen) atoms. The zero-order valence-electron chi connectivity index (χ0n) is 17.4. The van der Waals surface area contributed by atoms with Gasteiger partial charge < -0.3 is 20.1 Å². The van der Waals surface area contributed by atoms with E-state index in [9.17, 15) is 14.4 Å². The normalized spacial score (nSPS) is 10.7. The molecule has 4 aromatic rings. The van der Waals surface area contributed by atoms with Crippen molar-refractivity contribution in [3.63, 3.8) is 0 Å². The maximum Gasteiger partial charge on any atom is 0.338 e. The van der Waals surface area contributed by atoms with Crippen molar-refractivity contribution in [1.82, 2.24) is 9.97 Å². The fourth-order valence-corrected chi connectivity index (χ4v) is 3.30. The number of carboxylic acids is 1. The number of aromatic carboxylic acids is 1. The lowest BCUT2D eigenvalue weighted by Gasteiger charge is -2.09. The molecule has 9 heteroatoms. The number of imidazole rings is 1. The Morgan fingerprint density at radius 2 is 1.76 bits per heavy atom. The van der Waals surface area contributed by atoms with Gasteiger partial charge >= 0.3 is 11.9 Å². The highest BCUT2D eigenvalue weighted by molar-refractivity contribution is 6.33. The van der Waals surface area contributed by atoms with Gasteiger partial charge in [0.25, 0.3) is 5.91 Å². The minimum atomic E-state index is -1.16. The van der Waals surface area contributed by atoms with Gasteiger partial charge in [0.1, 0.15) is 5.82 Å². The summed E-state index contributed by atoms with van der Waals surface area (Å²) in [6, 6.07) is 16.7. The second-order valence-corrected chi connectivity index (χ2v) is 7.71. The molecular weight excluding hydrogens is 446 g/mol. The van der Waals surface area contributed by atoms with Gasteiger partial charge in [-0.15, -0.1) is 0 Å². The third kappa shape index (κ3) is 5.02. The topological polar surface area (TPSA) is 121 Å². The molecule has 3 N–H and O–H groups in total. The predicted molar refractivity (Wildman–Crippen MR) is 124 cm³/mol. The fraction of sp³-hybridized carbons (Fsp3) is 0.0833. The van der Waals surface area contributed by atoms with Crippen LogP contribution >= 0.6 is 11.6 Å². The summed E-state index contributed by atoms with van der Waals surface area (Å²) in [4.78, 5) is 43.4. The first-order valence-electron chi connectivity index (χ1n) is 9.87. The summed E-state index contributed by atoms with van der Waals surface area (Å²) in [7, 11) is 0. The summed E-state index contributed by atoms with van der Waals surface area (Å²) in [6.45, 7) is 1.43. The number of fused-ring (bicyclic) bond motifs is 1. The highest BCUT2D eigenvalue weighted by atomic mass is 35.5. The van der Waals surface area contributed by atoms with E-state index in [4.69, 9.17) is 21.4 Å². The molecule has 1 heterocycles. The Balaban J connectivity index is 1.42. The zero-order chi connectivity index (χ0) is 23.5. The smallest absolute Gasteiger partial charge is 0.338 e. The maximum atomic E-state index is 12.4. The molecule has 1 amide bonds. The Hall–Kier alpha value is -4.17. The van der Waals surface area contributed by atoms with Gasteiger partial charge in [0.2, 0.25) is 0 Å². The SMILES string of the molecule is Cc1ccc(-c2nc3ccc(C(=O)OCC(=O)Nc4cc(C(=O)O)ccc4Cl)cc3[nH]2)cc1. The van der Waals surface area contributed by atoms with E-state index in [0.717, 1.165) is 11.1 Å². The van der Waals surface area contributed by atoms with Crippen molar-refractivity contribution in [2.75, 3.05) is 11.9 Å². The number of esters is 1. The number of halogens is 1. The quantitative estimate of drug-likeness (QED) is 0.357. The number of hydrogen-bond acceptors (Lipinski definition) is 5. The molecule has 0 aliphatic carbocycles. The molecule has 0 unspecified atom stereocenters. The first-order valence-corrected chi connectivity index (χ1v) is 10.2. The fourth-order valence-electron chi connectivity index (χ4n) is 3.14. The molecule has 8 nitrogen and oxygen atoms in total. The number of amides is 1. The minimum absolute atomic E-state index is 0.0374. The van der Waals surface area contributed by atoms with Crippen LogP contribution in [0.3, 0.4) is 0 Å². The van der Waals surface area contributed by atoms with Crippen LogP contribution in [0.1, 0.15) is 26.3 Å². The number of H-pyrrole nitrogens is 1. The molecule has 0 radical (unpaired) electrons. The molecule has 0 bridgehead atoms. The third-order valence-corrected chi connectivity index (χ3v) is 5.19. The summed E-state index contributed by atoms with van der Waals surface area (Å²) in [5.41, 5.74) is 3.73. The number of carboxylic acid groups (broad SMARTS) is 1. The van der Waals surface area contributed by atoms with Crippen molar-refractivity contribution in [2.24, 2.45) is 0 Å². The summed E-state index contributed by atoms with van der Waals surface area (Å²) < 4.78 is 5.09. The van der Waals surface area contributed by atoms with Crippen LogP contribution in [0.4, 0.5) is 5.69 Å². The summed E-state index contributed by atoms with van der Waals surface area (Å²) in [5, 5.41) is 11.7. The maximum absolute atomic E-state index is 12.4. The van der Waals surface area contributed by atoms with Crippen LogP contribution in [-0.4, -0.2) is 39.5 Å². The second kappa shape index (κ2) is 9.13. The van der Waals surface area contributed by atoms with Gasteiger partial charge in [-0.1, -0.05) is 41.4 Å². The number of nitrogens with one attached hydrogen (secondary N) is 2. The zero-order valence-corrected chi connectivity index (χ0v) is 18.1. The van der Waals surface area contributed by atoms with Crippen LogP contribution in [0.15, 0.2) is 60.7 Å². The standard InChI is InChI=1S/C24H18ClN3O5/c1-13-2-4-14(5-3-13)22-27-18-9-7-16(11-20(18)28-22)24(32)33-12-21(29)26-19-10-15(23(30)31)6-8-17(19)25/h2-11H,12H2,1H3,(H,26,29)(H,27,28)(H,30,31). The van der Waals surface area contributed by atoms with Crippen molar-refractivity contribution in [1.29, 1.82) is 0 Å². The van der Waals surface area contributed by atoms with Gasteiger partial charge in [-0.3, -0.25) is 4.79 Å². The summed E-state index contributed by atoms with van der Waals surface area (Å²) >= 11 is 5.99. The average Bonchev–Trinajstić information content (AvgIpc) is 3.22. The lowest BCUT2D eigenvalue weighted by molar-refractivity contribution is -0.119. The third-order valence-electron chi connectivity index (χ3n) is 4.86. The Labute approximate surface area is 193 Å². The van der Waals surface area contributed by atoms with E-state index < -0.39 is 24.5 Å². The molecule has 0 spiro atoms. The van der Waals surface area contributed by atoms with E-state index in [-0.39, 0.29) is 21.8 Å².